The van der Waals surface area contributed by atoms with Crippen LogP contribution in [0.1, 0.15) is 32.6 Å². The molecule has 0 aliphatic heterocycles. The van der Waals surface area contributed by atoms with Gasteiger partial charge in [-0.1, -0.05) is 13.3 Å². The number of carbonyl (C=O) groups is 1. The average Bonchev–Trinajstić information content (AvgIpc) is 2.03. The lowest BCUT2D eigenvalue weighted by molar-refractivity contribution is -0.120. The first-order valence-corrected chi connectivity index (χ1v) is 6.61. The fraction of sp³-hybridized carbons (Fsp3) is 0.889. The zero-order chi connectivity index (χ0) is 10.1. The van der Waals surface area contributed by atoms with Gasteiger partial charge in [0.1, 0.15) is 5.78 Å². The van der Waals surface area contributed by atoms with Crippen LogP contribution in [0.15, 0.2) is 0 Å². The van der Waals surface area contributed by atoms with Crippen molar-refractivity contribution in [2.45, 2.75) is 37.9 Å². The largest absolute Gasteiger partial charge is 0.300 e. The molecule has 0 radical (unpaired) electrons. The average molecular weight is 204 g/mol. The van der Waals surface area contributed by atoms with Crippen LogP contribution >= 0.6 is 0 Å². The highest BCUT2D eigenvalue weighted by Gasteiger charge is 2.34. The maximum atomic E-state index is 11.3. The highest BCUT2D eigenvalue weighted by Crippen LogP contribution is 2.29. The van der Waals surface area contributed by atoms with E-state index < -0.39 is 15.1 Å². The van der Waals surface area contributed by atoms with Gasteiger partial charge in [0, 0.05) is 19.1 Å². The topological polar surface area (TPSA) is 51.2 Å². The van der Waals surface area contributed by atoms with Crippen molar-refractivity contribution in [1.29, 1.82) is 0 Å². The number of ketones is 1. The number of rotatable bonds is 2. The second kappa shape index (κ2) is 3.78. The van der Waals surface area contributed by atoms with E-state index in [4.69, 9.17) is 0 Å². The zero-order valence-corrected chi connectivity index (χ0v) is 8.93. The molecule has 3 nitrogen and oxygen atoms in total. The number of hydrogen-bond donors (Lipinski definition) is 0. The Labute approximate surface area is 79.4 Å². The third-order valence-corrected chi connectivity index (χ3v) is 4.47. The minimum absolute atomic E-state index is 0.0973. The van der Waals surface area contributed by atoms with Crippen LogP contribution in [0.3, 0.4) is 0 Å². The lowest BCUT2D eigenvalue weighted by atomic mass is 9.86. The van der Waals surface area contributed by atoms with Gasteiger partial charge in [-0.3, -0.25) is 4.79 Å². The summed E-state index contributed by atoms with van der Waals surface area (Å²) in [4.78, 5) is 11.1. The highest BCUT2D eigenvalue weighted by molar-refractivity contribution is 7.91. The Morgan fingerprint density at radius 3 is 2.54 bits per heavy atom. The summed E-state index contributed by atoms with van der Waals surface area (Å²) in [6, 6.07) is 0. The van der Waals surface area contributed by atoms with Gasteiger partial charge in [-0.05, 0) is 12.3 Å². The standard InChI is InChI=1S/C9H16O3S/c1-3-7-4-5-8(10)6-9(7)13(2,11)12/h7,9H,3-6H2,1-2H3. The van der Waals surface area contributed by atoms with E-state index in [-0.39, 0.29) is 18.1 Å². The first kappa shape index (κ1) is 10.7. The van der Waals surface area contributed by atoms with E-state index in [0.717, 1.165) is 12.8 Å². The predicted octanol–water partition coefficient (Wildman–Crippen LogP) is 1.18. The lowest BCUT2D eigenvalue weighted by Gasteiger charge is -2.28. The predicted molar refractivity (Wildman–Crippen MR) is 51.3 cm³/mol. The molecule has 76 valence electrons. The second-order valence-electron chi connectivity index (χ2n) is 3.82. The lowest BCUT2D eigenvalue weighted by Crippen LogP contribution is -2.35. The van der Waals surface area contributed by atoms with E-state index in [9.17, 15) is 13.2 Å². The van der Waals surface area contributed by atoms with Gasteiger partial charge in [-0.2, -0.15) is 0 Å². The van der Waals surface area contributed by atoms with Crippen LogP contribution in [-0.2, 0) is 14.6 Å². The van der Waals surface area contributed by atoms with E-state index in [1.165, 1.54) is 6.26 Å². The van der Waals surface area contributed by atoms with E-state index in [1.54, 1.807) is 0 Å². The fourth-order valence-corrected chi connectivity index (χ4v) is 3.51. The Balaban J connectivity index is 2.83. The van der Waals surface area contributed by atoms with Gasteiger partial charge in [-0.25, -0.2) is 8.42 Å². The number of Topliss-reactive ketones (excluding diaryl/α,β-unsaturated/α-hetero) is 1. The quantitative estimate of drug-likeness (QED) is 0.678. The molecule has 0 aromatic carbocycles. The first-order chi connectivity index (χ1) is 5.95. The summed E-state index contributed by atoms with van der Waals surface area (Å²) in [6.07, 6.45) is 3.62. The number of sulfone groups is 1. The monoisotopic (exact) mass is 204 g/mol. The van der Waals surface area contributed by atoms with Gasteiger partial charge in [0.2, 0.25) is 0 Å². The molecule has 1 aliphatic rings. The summed E-state index contributed by atoms with van der Waals surface area (Å²) in [6.45, 7) is 1.98. The zero-order valence-electron chi connectivity index (χ0n) is 8.12. The van der Waals surface area contributed by atoms with Crippen molar-refractivity contribution in [2.24, 2.45) is 5.92 Å². The smallest absolute Gasteiger partial charge is 0.151 e. The molecule has 0 spiro atoms. The molecule has 4 heteroatoms. The molecule has 0 N–H and O–H groups in total. The molecule has 1 fully saturated rings. The molecule has 0 heterocycles. The molecule has 0 aromatic rings. The van der Waals surface area contributed by atoms with Crippen molar-refractivity contribution in [3.8, 4) is 0 Å². The maximum Gasteiger partial charge on any atom is 0.151 e. The molecule has 0 amide bonds. The van der Waals surface area contributed by atoms with Gasteiger partial charge in [-0.15, -0.1) is 0 Å². The summed E-state index contributed by atoms with van der Waals surface area (Å²) >= 11 is 0. The SMILES string of the molecule is CCC1CCC(=O)CC1S(C)(=O)=O. The molecule has 1 saturated carbocycles. The third-order valence-electron chi connectivity index (χ3n) is 2.82. The molecule has 0 aromatic heterocycles. The highest BCUT2D eigenvalue weighted by atomic mass is 32.2. The minimum Gasteiger partial charge on any atom is -0.300 e. The van der Waals surface area contributed by atoms with Crippen LogP contribution in [-0.4, -0.2) is 25.7 Å². The van der Waals surface area contributed by atoms with Crippen molar-refractivity contribution in [3.05, 3.63) is 0 Å². The minimum atomic E-state index is -3.04. The molecular weight excluding hydrogens is 188 g/mol. The van der Waals surface area contributed by atoms with Gasteiger partial charge in [0.15, 0.2) is 9.84 Å². The van der Waals surface area contributed by atoms with Crippen LogP contribution in [0.5, 0.6) is 0 Å². The van der Waals surface area contributed by atoms with Crippen LogP contribution in [0.2, 0.25) is 0 Å². The van der Waals surface area contributed by atoms with Crippen LogP contribution in [0.4, 0.5) is 0 Å². The Bertz CT molecular complexity index is 292. The van der Waals surface area contributed by atoms with Crippen LogP contribution in [0, 0.1) is 5.92 Å². The molecule has 13 heavy (non-hydrogen) atoms. The summed E-state index contributed by atoms with van der Waals surface area (Å²) in [7, 11) is -3.04. The number of hydrogen-bond acceptors (Lipinski definition) is 3. The molecule has 2 atom stereocenters. The summed E-state index contributed by atoms with van der Waals surface area (Å²) in [5.74, 6) is 0.285. The normalized spacial score (nSPS) is 30.5. The van der Waals surface area contributed by atoms with Crippen molar-refractivity contribution < 1.29 is 13.2 Å². The molecular formula is C9H16O3S. The molecule has 1 aliphatic carbocycles. The Hall–Kier alpha value is -0.380. The second-order valence-corrected chi connectivity index (χ2v) is 6.08. The molecule has 1 rings (SSSR count). The van der Waals surface area contributed by atoms with Crippen LogP contribution < -0.4 is 0 Å². The Kier molecular flexibility index (Phi) is 3.11. The van der Waals surface area contributed by atoms with Crippen molar-refractivity contribution in [3.63, 3.8) is 0 Å². The van der Waals surface area contributed by atoms with Crippen molar-refractivity contribution >= 4 is 15.6 Å². The summed E-state index contributed by atoms with van der Waals surface area (Å²) in [5.41, 5.74) is 0. The molecule has 0 saturated heterocycles. The number of carbonyl (C=O) groups excluding carboxylic acids is 1. The maximum absolute atomic E-state index is 11.3. The Morgan fingerprint density at radius 2 is 2.08 bits per heavy atom. The molecule has 2 unspecified atom stereocenters. The van der Waals surface area contributed by atoms with E-state index in [2.05, 4.69) is 0 Å². The summed E-state index contributed by atoms with van der Waals surface area (Å²) in [5, 5.41) is -0.418. The van der Waals surface area contributed by atoms with Crippen molar-refractivity contribution in [2.75, 3.05) is 6.26 Å². The van der Waals surface area contributed by atoms with E-state index >= 15 is 0 Å². The van der Waals surface area contributed by atoms with Crippen LogP contribution in [0.25, 0.3) is 0 Å². The third kappa shape index (κ3) is 2.53. The van der Waals surface area contributed by atoms with E-state index in [0.29, 0.717) is 6.42 Å². The first-order valence-electron chi connectivity index (χ1n) is 4.65. The Morgan fingerprint density at radius 1 is 1.46 bits per heavy atom. The van der Waals surface area contributed by atoms with Gasteiger partial charge < -0.3 is 0 Å². The van der Waals surface area contributed by atoms with Gasteiger partial charge in [0.25, 0.3) is 0 Å². The van der Waals surface area contributed by atoms with E-state index in [1.807, 2.05) is 6.92 Å². The van der Waals surface area contributed by atoms with Gasteiger partial charge in [0.05, 0.1) is 5.25 Å². The summed E-state index contributed by atoms with van der Waals surface area (Å²) < 4.78 is 22.7. The fourth-order valence-electron chi connectivity index (χ4n) is 1.99. The van der Waals surface area contributed by atoms with Gasteiger partial charge >= 0.3 is 0 Å². The molecule has 0 bridgehead atoms. The van der Waals surface area contributed by atoms with Crippen molar-refractivity contribution in [1.82, 2.24) is 0 Å².